The summed E-state index contributed by atoms with van der Waals surface area (Å²) in [5.74, 6) is 0. The van der Waals surface area contributed by atoms with Crippen LogP contribution < -0.4 is 0 Å². The lowest BCUT2D eigenvalue weighted by atomic mass is 10.0. The highest BCUT2D eigenvalue weighted by Crippen LogP contribution is 2.23. The fourth-order valence-corrected chi connectivity index (χ4v) is 5.56. The van der Waals surface area contributed by atoms with E-state index < -0.39 is 0 Å². The van der Waals surface area contributed by atoms with E-state index in [-0.39, 0.29) is 0 Å². The Bertz CT molecular complexity index is 433. The Morgan fingerprint density at radius 2 is 0.765 bits per heavy atom. The van der Waals surface area contributed by atoms with Gasteiger partial charge >= 0.3 is 0 Å². The minimum Gasteiger partial charge on any atom is -0.356 e. The summed E-state index contributed by atoms with van der Waals surface area (Å²) in [4.78, 5) is 5.19. The van der Waals surface area contributed by atoms with Crippen LogP contribution in [-0.2, 0) is 0 Å². The van der Waals surface area contributed by atoms with Crippen molar-refractivity contribution in [3.8, 4) is 0 Å². The van der Waals surface area contributed by atoms with Gasteiger partial charge in [0.1, 0.15) is 6.17 Å². The fraction of sp³-hybridized carbons (Fsp3) is 0.938. The first-order valence-electron chi connectivity index (χ1n) is 16.0. The van der Waals surface area contributed by atoms with Crippen LogP contribution in [0, 0.1) is 0 Å². The zero-order valence-corrected chi connectivity index (χ0v) is 24.0. The number of rotatable bonds is 26. The molecule has 2 nitrogen and oxygen atoms in total. The molecule has 2 heteroatoms. The maximum atomic E-state index is 2.63. The lowest BCUT2D eigenvalue weighted by Gasteiger charge is -2.32. The Morgan fingerprint density at radius 3 is 1.18 bits per heavy atom. The van der Waals surface area contributed by atoms with Gasteiger partial charge in [-0.2, -0.15) is 0 Å². The van der Waals surface area contributed by atoms with Crippen molar-refractivity contribution in [1.82, 2.24) is 9.80 Å². The molecule has 34 heavy (non-hydrogen) atoms. The molecule has 1 atom stereocenters. The summed E-state index contributed by atoms with van der Waals surface area (Å²) < 4.78 is 0. The van der Waals surface area contributed by atoms with E-state index in [2.05, 4.69) is 43.0 Å². The van der Waals surface area contributed by atoms with Crippen LogP contribution in [0.25, 0.3) is 0 Å². The van der Waals surface area contributed by atoms with E-state index in [4.69, 9.17) is 0 Å². The van der Waals surface area contributed by atoms with Crippen molar-refractivity contribution < 1.29 is 0 Å². The van der Waals surface area contributed by atoms with Gasteiger partial charge in [-0.1, -0.05) is 149 Å². The van der Waals surface area contributed by atoms with Gasteiger partial charge in [0.2, 0.25) is 0 Å². The van der Waals surface area contributed by atoms with Gasteiger partial charge in [0.25, 0.3) is 0 Å². The molecule has 1 aliphatic rings. The quantitative estimate of drug-likeness (QED) is 0.114. The van der Waals surface area contributed by atoms with Crippen molar-refractivity contribution in [3.63, 3.8) is 0 Å². The molecule has 0 spiro atoms. The molecule has 1 heterocycles. The van der Waals surface area contributed by atoms with Crippen molar-refractivity contribution in [3.05, 3.63) is 12.4 Å². The second kappa shape index (κ2) is 24.1. The highest BCUT2D eigenvalue weighted by atomic mass is 15.4. The number of nitrogens with zero attached hydrogens (tertiary/aromatic N) is 2. The van der Waals surface area contributed by atoms with Crippen LogP contribution in [0.15, 0.2) is 12.4 Å². The standard InChI is InChI=1S/C32H64N2/c1-4-7-9-11-13-14-15-16-17-18-19-20-21-22-23-24-26-28-32-33(6-3)30-31-34(32)29-27-25-12-10-8-5-2/h30-32H,4-29H2,1-3H3. The van der Waals surface area contributed by atoms with Gasteiger partial charge in [0, 0.05) is 25.5 Å². The third-order valence-electron chi connectivity index (χ3n) is 7.92. The SMILES string of the molecule is CCCCCCCCCCCCCCCCCCCC1N(CC)C=CN1CCCCCCCC. The van der Waals surface area contributed by atoms with Crippen molar-refractivity contribution in [1.29, 1.82) is 0 Å². The summed E-state index contributed by atoms with van der Waals surface area (Å²) >= 11 is 0. The summed E-state index contributed by atoms with van der Waals surface area (Å²) in [6.07, 6.45) is 39.8. The molecule has 1 rings (SSSR count). The minimum atomic E-state index is 0.636. The predicted octanol–water partition coefficient (Wildman–Crippen LogP) is 10.8. The first kappa shape index (κ1) is 31.4. The zero-order chi connectivity index (χ0) is 24.5. The van der Waals surface area contributed by atoms with Gasteiger partial charge < -0.3 is 9.80 Å². The first-order valence-corrected chi connectivity index (χ1v) is 16.0. The monoisotopic (exact) mass is 477 g/mol. The molecule has 0 aromatic heterocycles. The lowest BCUT2D eigenvalue weighted by molar-refractivity contribution is 0.142. The highest BCUT2D eigenvalue weighted by molar-refractivity contribution is 4.96. The Labute approximate surface area is 216 Å². The average Bonchev–Trinajstić information content (AvgIpc) is 3.24. The van der Waals surface area contributed by atoms with Crippen molar-refractivity contribution in [2.75, 3.05) is 13.1 Å². The van der Waals surface area contributed by atoms with E-state index >= 15 is 0 Å². The molecule has 0 aliphatic carbocycles. The van der Waals surface area contributed by atoms with Crippen LogP contribution in [0.2, 0.25) is 0 Å². The largest absolute Gasteiger partial charge is 0.356 e. The Morgan fingerprint density at radius 1 is 0.412 bits per heavy atom. The zero-order valence-electron chi connectivity index (χ0n) is 24.0. The van der Waals surface area contributed by atoms with Crippen LogP contribution in [-0.4, -0.2) is 29.1 Å². The number of hydrogen-bond acceptors (Lipinski definition) is 2. The van der Waals surface area contributed by atoms with Gasteiger partial charge in [-0.3, -0.25) is 0 Å². The maximum Gasteiger partial charge on any atom is 0.101 e. The molecule has 0 saturated heterocycles. The molecule has 0 aromatic rings. The van der Waals surface area contributed by atoms with E-state index in [9.17, 15) is 0 Å². The van der Waals surface area contributed by atoms with Crippen LogP contribution in [0.1, 0.15) is 175 Å². The van der Waals surface area contributed by atoms with Crippen LogP contribution in [0.4, 0.5) is 0 Å². The smallest absolute Gasteiger partial charge is 0.101 e. The van der Waals surface area contributed by atoms with Gasteiger partial charge in [0.05, 0.1) is 0 Å². The van der Waals surface area contributed by atoms with Crippen LogP contribution >= 0.6 is 0 Å². The molecule has 0 saturated carbocycles. The maximum absolute atomic E-state index is 2.63. The minimum absolute atomic E-state index is 0.636. The molecular formula is C32H64N2. The summed E-state index contributed by atoms with van der Waals surface area (Å²) in [5, 5.41) is 0. The van der Waals surface area contributed by atoms with E-state index in [1.54, 1.807) is 0 Å². The van der Waals surface area contributed by atoms with Gasteiger partial charge in [-0.15, -0.1) is 0 Å². The number of unbranched alkanes of at least 4 members (excludes halogenated alkanes) is 21. The fourth-order valence-electron chi connectivity index (χ4n) is 5.56. The van der Waals surface area contributed by atoms with Crippen molar-refractivity contribution >= 4 is 0 Å². The van der Waals surface area contributed by atoms with E-state index in [1.807, 2.05) is 0 Å². The van der Waals surface area contributed by atoms with Crippen molar-refractivity contribution in [2.45, 2.75) is 181 Å². The van der Waals surface area contributed by atoms with Crippen LogP contribution in [0.5, 0.6) is 0 Å². The van der Waals surface area contributed by atoms with Crippen molar-refractivity contribution in [2.24, 2.45) is 0 Å². The number of hydrogen-bond donors (Lipinski definition) is 0. The first-order chi connectivity index (χ1) is 16.8. The molecule has 0 bridgehead atoms. The van der Waals surface area contributed by atoms with Crippen LogP contribution in [0.3, 0.4) is 0 Å². The summed E-state index contributed by atoms with van der Waals surface area (Å²) in [5.41, 5.74) is 0. The average molecular weight is 477 g/mol. The highest BCUT2D eigenvalue weighted by Gasteiger charge is 2.23. The Kier molecular flexibility index (Phi) is 22.2. The molecule has 1 aliphatic heterocycles. The molecule has 0 radical (unpaired) electrons. The summed E-state index contributed by atoms with van der Waals surface area (Å²) in [6, 6.07) is 0. The van der Waals surface area contributed by atoms with Gasteiger partial charge in [-0.25, -0.2) is 0 Å². The normalized spacial score (nSPS) is 15.7. The van der Waals surface area contributed by atoms with E-state index in [0.29, 0.717) is 6.17 Å². The molecule has 0 N–H and O–H groups in total. The molecule has 0 aromatic carbocycles. The summed E-state index contributed by atoms with van der Waals surface area (Å²) in [7, 11) is 0. The second-order valence-corrected chi connectivity index (χ2v) is 11.1. The molecule has 0 fully saturated rings. The Balaban J connectivity index is 1.91. The lowest BCUT2D eigenvalue weighted by Crippen LogP contribution is -2.38. The molecule has 0 amide bonds. The van der Waals surface area contributed by atoms with Gasteiger partial charge in [-0.05, 0) is 26.2 Å². The molecular weight excluding hydrogens is 412 g/mol. The Hall–Kier alpha value is -0.660. The van der Waals surface area contributed by atoms with E-state index in [1.165, 1.54) is 161 Å². The van der Waals surface area contributed by atoms with Gasteiger partial charge in [0.15, 0.2) is 0 Å². The third kappa shape index (κ3) is 16.9. The van der Waals surface area contributed by atoms with E-state index in [0.717, 1.165) is 6.54 Å². The summed E-state index contributed by atoms with van der Waals surface area (Å²) in [6.45, 7) is 9.31. The third-order valence-corrected chi connectivity index (χ3v) is 7.92. The molecule has 1 unspecified atom stereocenters. The second-order valence-electron chi connectivity index (χ2n) is 11.1. The topological polar surface area (TPSA) is 6.48 Å². The molecule has 202 valence electrons. The predicted molar refractivity (Wildman–Crippen MR) is 154 cm³/mol.